The Labute approximate surface area is 123 Å². The smallest absolute Gasteiger partial charge is 0.326 e. The number of carboxylic acid groups (broad SMARTS) is 1. The lowest BCUT2D eigenvalue weighted by Gasteiger charge is -2.18. The Balaban J connectivity index is 4.69. The van der Waals surface area contributed by atoms with E-state index >= 15 is 0 Å². The minimum Gasteiger partial charge on any atom is -0.480 e. The van der Waals surface area contributed by atoms with Crippen LogP contribution < -0.4 is 10.0 Å². The number of esters is 1. The molecular formula is C11H20N2O7S. The van der Waals surface area contributed by atoms with Crippen LogP contribution in [0.25, 0.3) is 0 Å². The minimum atomic E-state index is -3.61. The fraction of sp³-hybridized carbons (Fsp3) is 0.727. The molecule has 0 saturated carbocycles. The van der Waals surface area contributed by atoms with E-state index in [-0.39, 0.29) is 5.75 Å². The minimum absolute atomic E-state index is 0.144. The zero-order chi connectivity index (χ0) is 16.6. The number of nitrogens with one attached hydrogen (secondary N) is 2. The molecule has 0 rings (SSSR count). The topological polar surface area (TPSA) is 139 Å². The van der Waals surface area contributed by atoms with Crippen LogP contribution in [0.1, 0.15) is 26.7 Å². The van der Waals surface area contributed by atoms with E-state index in [0.717, 1.165) is 7.11 Å². The van der Waals surface area contributed by atoms with Crippen molar-refractivity contribution in [3.05, 3.63) is 0 Å². The molecule has 0 aliphatic carbocycles. The third kappa shape index (κ3) is 7.61. The molecule has 0 aromatic carbocycles. The van der Waals surface area contributed by atoms with Gasteiger partial charge in [0, 0.05) is 0 Å². The van der Waals surface area contributed by atoms with Gasteiger partial charge in [0.15, 0.2) is 0 Å². The van der Waals surface area contributed by atoms with Crippen molar-refractivity contribution in [3.63, 3.8) is 0 Å². The van der Waals surface area contributed by atoms with E-state index in [2.05, 4.69) is 14.8 Å². The summed E-state index contributed by atoms with van der Waals surface area (Å²) < 4.78 is 29.5. The molecule has 0 aromatic heterocycles. The van der Waals surface area contributed by atoms with Crippen LogP contribution in [-0.4, -0.2) is 56.3 Å². The molecule has 0 spiro atoms. The van der Waals surface area contributed by atoms with Crippen molar-refractivity contribution < 1.29 is 32.6 Å². The molecule has 21 heavy (non-hydrogen) atoms. The maximum atomic E-state index is 11.8. The number of methoxy groups -OCH3 is 1. The van der Waals surface area contributed by atoms with Gasteiger partial charge in [0.25, 0.3) is 0 Å². The maximum absolute atomic E-state index is 11.8. The molecule has 0 radical (unpaired) electrons. The summed E-state index contributed by atoms with van der Waals surface area (Å²) in [5.41, 5.74) is 0. The monoisotopic (exact) mass is 324 g/mol. The molecule has 0 fully saturated rings. The third-order valence-electron chi connectivity index (χ3n) is 2.44. The molecule has 9 nitrogen and oxygen atoms in total. The summed E-state index contributed by atoms with van der Waals surface area (Å²) in [6.45, 7) is 2.94. The van der Waals surface area contributed by atoms with Crippen LogP contribution in [0.4, 0.5) is 0 Å². The highest BCUT2D eigenvalue weighted by atomic mass is 32.2. The van der Waals surface area contributed by atoms with E-state index in [0.29, 0.717) is 6.42 Å². The summed E-state index contributed by atoms with van der Waals surface area (Å²) in [5.74, 6) is -3.21. The lowest BCUT2D eigenvalue weighted by molar-refractivity contribution is -0.148. The normalized spacial score (nSPS) is 14.0. The van der Waals surface area contributed by atoms with Crippen molar-refractivity contribution in [1.82, 2.24) is 10.0 Å². The van der Waals surface area contributed by atoms with Gasteiger partial charge in [-0.3, -0.25) is 9.59 Å². The average molecular weight is 324 g/mol. The Bertz CT molecular complexity index is 489. The van der Waals surface area contributed by atoms with E-state index in [1.165, 1.54) is 6.92 Å². The van der Waals surface area contributed by atoms with Gasteiger partial charge in [-0.05, 0) is 13.3 Å². The molecule has 2 atom stereocenters. The second-order valence-electron chi connectivity index (χ2n) is 4.34. The molecule has 0 heterocycles. The number of carbonyl (C=O) groups excluding carboxylic acids is 2. The van der Waals surface area contributed by atoms with Gasteiger partial charge in [0.1, 0.15) is 6.04 Å². The average Bonchev–Trinajstić information content (AvgIpc) is 2.36. The molecule has 1 amide bonds. The largest absolute Gasteiger partial charge is 0.480 e. The molecule has 10 heteroatoms. The SMILES string of the molecule is CCCS(=O)(=O)NC(C)C(=O)N[C@@H](CC(=O)OC)C(=O)O. The van der Waals surface area contributed by atoms with Crippen molar-refractivity contribution in [3.8, 4) is 0 Å². The molecule has 0 saturated heterocycles. The number of carboxylic acids is 1. The van der Waals surface area contributed by atoms with Gasteiger partial charge in [-0.25, -0.2) is 17.9 Å². The highest BCUT2D eigenvalue weighted by Crippen LogP contribution is 1.98. The number of aliphatic carboxylic acids is 1. The number of ether oxygens (including phenoxy) is 1. The molecule has 0 bridgehead atoms. The van der Waals surface area contributed by atoms with Crippen molar-refractivity contribution in [2.24, 2.45) is 0 Å². The first-order valence-corrected chi connectivity index (χ1v) is 7.88. The van der Waals surface area contributed by atoms with Crippen molar-refractivity contribution in [2.45, 2.75) is 38.8 Å². The van der Waals surface area contributed by atoms with Crippen LogP contribution in [0.2, 0.25) is 0 Å². The Kier molecular flexibility index (Phi) is 7.89. The van der Waals surface area contributed by atoms with E-state index in [4.69, 9.17) is 5.11 Å². The maximum Gasteiger partial charge on any atom is 0.326 e. The second-order valence-corrected chi connectivity index (χ2v) is 6.21. The Morgan fingerprint density at radius 2 is 1.86 bits per heavy atom. The van der Waals surface area contributed by atoms with E-state index in [1.54, 1.807) is 6.92 Å². The summed E-state index contributed by atoms with van der Waals surface area (Å²) in [6.07, 6.45) is -0.171. The van der Waals surface area contributed by atoms with Gasteiger partial charge >= 0.3 is 11.9 Å². The highest BCUT2D eigenvalue weighted by Gasteiger charge is 2.27. The van der Waals surface area contributed by atoms with Gasteiger partial charge < -0.3 is 15.2 Å². The zero-order valence-corrected chi connectivity index (χ0v) is 12.9. The number of carbonyl (C=O) groups is 3. The predicted molar refractivity (Wildman–Crippen MR) is 72.9 cm³/mol. The zero-order valence-electron chi connectivity index (χ0n) is 12.1. The predicted octanol–water partition coefficient (Wildman–Crippen LogP) is -1.16. The van der Waals surface area contributed by atoms with Crippen molar-refractivity contribution in [2.75, 3.05) is 12.9 Å². The fourth-order valence-corrected chi connectivity index (χ4v) is 2.70. The van der Waals surface area contributed by atoms with Gasteiger partial charge in [-0.1, -0.05) is 6.92 Å². The van der Waals surface area contributed by atoms with Crippen LogP contribution in [0.3, 0.4) is 0 Å². The first-order chi connectivity index (χ1) is 9.62. The molecule has 0 aromatic rings. The van der Waals surface area contributed by atoms with Gasteiger partial charge in [-0.15, -0.1) is 0 Å². The molecule has 3 N–H and O–H groups in total. The number of hydrogen-bond donors (Lipinski definition) is 3. The van der Waals surface area contributed by atoms with Gasteiger partial charge in [0.05, 0.1) is 25.3 Å². The van der Waals surface area contributed by atoms with E-state index < -0.39 is 46.4 Å². The van der Waals surface area contributed by atoms with Crippen LogP contribution >= 0.6 is 0 Å². The Morgan fingerprint density at radius 3 is 2.29 bits per heavy atom. The first-order valence-electron chi connectivity index (χ1n) is 6.23. The standard InChI is InChI=1S/C11H20N2O7S/c1-4-5-21(18,19)13-7(2)10(15)12-8(11(16)17)6-9(14)20-3/h7-8,13H,4-6H2,1-3H3,(H,12,15)(H,16,17)/t7?,8-/m0/s1. The number of sulfonamides is 1. The van der Waals surface area contributed by atoms with E-state index in [1.807, 2.05) is 0 Å². The third-order valence-corrected chi connectivity index (χ3v) is 4.09. The second kappa shape index (κ2) is 8.57. The van der Waals surface area contributed by atoms with Crippen molar-refractivity contribution >= 4 is 27.9 Å². The van der Waals surface area contributed by atoms with Gasteiger partial charge in [0.2, 0.25) is 15.9 Å². The number of rotatable bonds is 9. The van der Waals surface area contributed by atoms with Crippen molar-refractivity contribution in [1.29, 1.82) is 0 Å². The van der Waals surface area contributed by atoms with E-state index in [9.17, 15) is 22.8 Å². The van der Waals surface area contributed by atoms with Crippen LogP contribution in [0.5, 0.6) is 0 Å². The van der Waals surface area contributed by atoms with Crippen LogP contribution in [-0.2, 0) is 29.1 Å². The van der Waals surface area contributed by atoms with Crippen LogP contribution in [0.15, 0.2) is 0 Å². The quantitative estimate of drug-likeness (QED) is 0.454. The summed E-state index contributed by atoms with van der Waals surface area (Å²) in [5, 5.41) is 11.0. The molecular weight excluding hydrogens is 304 g/mol. The molecule has 1 unspecified atom stereocenters. The number of hydrogen-bond acceptors (Lipinski definition) is 6. The molecule has 0 aliphatic heterocycles. The van der Waals surface area contributed by atoms with Crippen LogP contribution in [0, 0.1) is 0 Å². The summed E-state index contributed by atoms with van der Waals surface area (Å²) >= 11 is 0. The molecule has 122 valence electrons. The summed E-state index contributed by atoms with van der Waals surface area (Å²) in [7, 11) is -2.52. The Hall–Kier alpha value is -1.68. The summed E-state index contributed by atoms with van der Waals surface area (Å²) in [6, 6.07) is -2.64. The fourth-order valence-electron chi connectivity index (χ4n) is 1.40. The van der Waals surface area contributed by atoms with Gasteiger partial charge in [-0.2, -0.15) is 0 Å². The first kappa shape index (κ1) is 19.3. The lowest BCUT2D eigenvalue weighted by Crippen LogP contribution is -2.51. The molecule has 0 aliphatic rings. The number of amides is 1. The Morgan fingerprint density at radius 1 is 1.29 bits per heavy atom. The lowest BCUT2D eigenvalue weighted by atomic mass is 10.2. The highest BCUT2D eigenvalue weighted by molar-refractivity contribution is 7.89. The summed E-state index contributed by atoms with van der Waals surface area (Å²) in [4.78, 5) is 33.7.